The molecule has 0 atom stereocenters. The normalized spacial score (nSPS) is 22.2. The first-order chi connectivity index (χ1) is 9.76. The summed E-state index contributed by atoms with van der Waals surface area (Å²) in [6, 6.07) is 8.22. The second kappa shape index (κ2) is 7.28. The summed E-state index contributed by atoms with van der Waals surface area (Å²) in [5.74, 6) is 0.785. The van der Waals surface area contributed by atoms with Crippen LogP contribution in [0.1, 0.15) is 36.8 Å². The fourth-order valence-electron chi connectivity index (χ4n) is 2.69. The van der Waals surface area contributed by atoms with Crippen LogP contribution >= 0.6 is 0 Å². The molecule has 1 aromatic carbocycles. The Balaban J connectivity index is 1.92. The summed E-state index contributed by atoms with van der Waals surface area (Å²) in [6.45, 7) is 0.508. The highest BCUT2D eigenvalue weighted by Gasteiger charge is 2.20. The van der Waals surface area contributed by atoms with Crippen LogP contribution in [0.5, 0.6) is 5.75 Å². The van der Waals surface area contributed by atoms with Gasteiger partial charge in [0.15, 0.2) is 0 Å². The third-order valence-electron chi connectivity index (χ3n) is 3.97. The number of nitrogens with zero attached hydrogens (tertiary/aromatic N) is 1. The van der Waals surface area contributed by atoms with Gasteiger partial charge in [-0.1, -0.05) is 0 Å². The van der Waals surface area contributed by atoms with Crippen molar-refractivity contribution >= 4 is 0 Å². The molecule has 4 nitrogen and oxygen atoms in total. The van der Waals surface area contributed by atoms with E-state index in [0.717, 1.165) is 37.0 Å². The number of nitrogens with one attached hydrogen (secondary N) is 1. The molecule has 0 bridgehead atoms. The molecule has 0 radical (unpaired) electrons. The van der Waals surface area contributed by atoms with Crippen LogP contribution in [0.25, 0.3) is 0 Å². The van der Waals surface area contributed by atoms with Gasteiger partial charge in [-0.3, -0.25) is 0 Å². The minimum Gasteiger partial charge on any atom is -0.496 e. The lowest BCUT2D eigenvalue weighted by molar-refractivity contribution is 0.0111. The van der Waals surface area contributed by atoms with Crippen LogP contribution in [-0.4, -0.2) is 26.3 Å². The first-order valence-electron chi connectivity index (χ1n) is 7.12. The van der Waals surface area contributed by atoms with Crippen molar-refractivity contribution in [2.45, 2.75) is 44.4 Å². The van der Waals surface area contributed by atoms with Crippen LogP contribution in [0.15, 0.2) is 18.2 Å². The maximum Gasteiger partial charge on any atom is 0.124 e. The molecular weight excluding hydrogens is 252 g/mol. The van der Waals surface area contributed by atoms with E-state index in [1.807, 2.05) is 19.2 Å². The molecule has 1 aliphatic rings. The van der Waals surface area contributed by atoms with E-state index in [1.54, 1.807) is 13.2 Å². The Morgan fingerprint density at radius 2 is 2.05 bits per heavy atom. The summed E-state index contributed by atoms with van der Waals surface area (Å²) in [4.78, 5) is 0. The van der Waals surface area contributed by atoms with Gasteiger partial charge in [-0.2, -0.15) is 5.26 Å². The van der Waals surface area contributed by atoms with E-state index < -0.39 is 0 Å². The van der Waals surface area contributed by atoms with Crippen LogP contribution in [0.4, 0.5) is 0 Å². The molecule has 1 fully saturated rings. The molecule has 1 aromatic rings. The van der Waals surface area contributed by atoms with Gasteiger partial charge in [0.25, 0.3) is 0 Å². The van der Waals surface area contributed by atoms with Crippen LogP contribution in [0, 0.1) is 11.3 Å². The van der Waals surface area contributed by atoms with E-state index >= 15 is 0 Å². The largest absolute Gasteiger partial charge is 0.496 e. The monoisotopic (exact) mass is 274 g/mol. The van der Waals surface area contributed by atoms with Crippen molar-refractivity contribution < 1.29 is 9.47 Å². The Morgan fingerprint density at radius 1 is 1.30 bits per heavy atom. The number of hydrogen-bond acceptors (Lipinski definition) is 4. The molecular formula is C16H22N2O2. The second-order valence-corrected chi connectivity index (χ2v) is 5.21. The van der Waals surface area contributed by atoms with Crippen molar-refractivity contribution in [3.05, 3.63) is 29.3 Å². The summed E-state index contributed by atoms with van der Waals surface area (Å²) in [5, 5.41) is 12.3. The van der Waals surface area contributed by atoms with Gasteiger partial charge in [0, 0.05) is 11.6 Å². The summed E-state index contributed by atoms with van der Waals surface area (Å²) < 4.78 is 11.3. The number of nitriles is 1. The van der Waals surface area contributed by atoms with Gasteiger partial charge in [-0.15, -0.1) is 0 Å². The molecule has 108 valence electrons. The Kier molecular flexibility index (Phi) is 5.40. The van der Waals surface area contributed by atoms with Crippen molar-refractivity contribution in [1.29, 1.82) is 5.26 Å². The number of rotatable bonds is 5. The smallest absolute Gasteiger partial charge is 0.124 e. The number of ether oxygens (including phenoxy) is 2. The van der Waals surface area contributed by atoms with Crippen LogP contribution in [0.3, 0.4) is 0 Å². The van der Waals surface area contributed by atoms with E-state index in [9.17, 15) is 0 Å². The Morgan fingerprint density at radius 3 is 2.65 bits per heavy atom. The highest BCUT2D eigenvalue weighted by Crippen LogP contribution is 2.25. The molecule has 0 spiro atoms. The highest BCUT2D eigenvalue weighted by atomic mass is 16.5. The predicted molar refractivity (Wildman–Crippen MR) is 77.6 cm³/mol. The lowest BCUT2D eigenvalue weighted by Gasteiger charge is -2.28. The van der Waals surface area contributed by atoms with Gasteiger partial charge < -0.3 is 14.8 Å². The second-order valence-electron chi connectivity index (χ2n) is 5.21. The topological polar surface area (TPSA) is 54.3 Å². The fraction of sp³-hybridized carbons (Fsp3) is 0.562. The highest BCUT2D eigenvalue weighted by molar-refractivity contribution is 5.41. The lowest BCUT2D eigenvalue weighted by atomic mass is 9.93. The summed E-state index contributed by atoms with van der Waals surface area (Å²) >= 11 is 0. The average molecular weight is 274 g/mol. The molecule has 0 unspecified atom stereocenters. The third-order valence-corrected chi connectivity index (χ3v) is 3.97. The van der Waals surface area contributed by atoms with E-state index in [0.29, 0.717) is 24.3 Å². The van der Waals surface area contributed by atoms with Crippen molar-refractivity contribution in [3.63, 3.8) is 0 Å². The quantitative estimate of drug-likeness (QED) is 0.896. The molecule has 0 saturated heterocycles. The Hall–Kier alpha value is -1.57. The van der Waals surface area contributed by atoms with Crippen LogP contribution in [0.2, 0.25) is 0 Å². The fourth-order valence-corrected chi connectivity index (χ4v) is 2.69. The van der Waals surface area contributed by atoms with Gasteiger partial charge in [-0.25, -0.2) is 0 Å². The molecule has 2 rings (SSSR count). The van der Waals surface area contributed by atoms with Gasteiger partial charge in [0.05, 0.1) is 31.5 Å². The van der Waals surface area contributed by atoms with Gasteiger partial charge >= 0.3 is 0 Å². The molecule has 1 N–H and O–H groups in total. The van der Waals surface area contributed by atoms with E-state index in [-0.39, 0.29) is 0 Å². The minimum absolute atomic E-state index is 0.315. The lowest BCUT2D eigenvalue weighted by Crippen LogP contribution is -2.32. The zero-order chi connectivity index (χ0) is 14.4. The maximum absolute atomic E-state index is 8.96. The van der Waals surface area contributed by atoms with Crippen LogP contribution in [-0.2, 0) is 11.3 Å². The predicted octanol–water partition coefficient (Wildman–Crippen LogP) is 2.61. The molecule has 0 aromatic heterocycles. The van der Waals surface area contributed by atoms with E-state index in [4.69, 9.17) is 14.7 Å². The van der Waals surface area contributed by atoms with Crippen molar-refractivity contribution in [1.82, 2.24) is 5.32 Å². The molecule has 0 heterocycles. The van der Waals surface area contributed by atoms with E-state index in [2.05, 4.69) is 11.4 Å². The molecule has 0 amide bonds. The van der Waals surface area contributed by atoms with Gasteiger partial charge in [-0.05, 0) is 50.9 Å². The molecule has 1 saturated carbocycles. The zero-order valence-electron chi connectivity index (χ0n) is 12.2. The molecule has 1 aliphatic carbocycles. The summed E-state index contributed by atoms with van der Waals surface area (Å²) in [6.07, 6.45) is 4.82. The van der Waals surface area contributed by atoms with Crippen molar-refractivity contribution in [2.24, 2.45) is 0 Å². The average Bonchev–Trinajstić information content (AvgIpc) is 2.53. The SMILES string of the molecule is CNC1CCC(OCc2cc(C#N)ccc2OC)CC1. The molecule has 4 heteroatoms. The summed E-state index contributed by atoms with van der Waals surface area (Å²) in [5.41, 5.74) is 1.59. The Bertz CT molecular complexity index is 474. The standard InChI is InChI=1S/C16H22N2O2/c1-18-14-4-6-15(7-5-14)20-11-13-9-12(10-17)3-8-16(13)19-2/h3,8-9,14-15,18H,4-7,11H2,1-2H3. The number of methoxy groups -OCH3 is 1. The minimum atomic E-state index is 0.315. The summed E-state index contributed by atoms with van der Waals surface area (Å²) in [7, 11) is 3.66. The maximum atomic E-state index is 8.96. The first-order valence-corrected chi connectivity index (χ1v) is 7.12. The molecule has 20 heavy (non-hydrogen) atoms. The van der Waals surface area contributed by atoms with Gasteiger partial charge in [0.1, 0.15) is 5.75 Å². The van der Waals surface area contributed by atoms with Crippen molar-refractivity contribution in [3.8, 4) is 11.8 Å². The molecule has 0 aliphatic heterocycles. The zero-order valence-corrected chi connectivity index (χ0v) is 12.2. The third kappa shape index (κ3) is 3.72. The van der Waals surface area contributed by atoms with Crippen molar-refractivity contribution in [2.75, 3.05) is 14.2 Å². The first kappa shape index (κ1) is 14.8. The number of benzene rings is 1. The van der Waals surface area contributed by atoms with Gasteiger partial charge in [0.2, 0.25) is 0 Å². The Labute approximate surface area is 120 Å². The number of hydrogen-bond donors (Lipinski definition) is 1. The van der Waals surface area contributed by atoms with Crippen LogP contribution < -0.4 is 10.1 Å². The van der Waals surface area contributed by atoms with E-state index in [1.165, 1.54) is 0 Å².